The number of fused-ring (bicyclic) bond motifs is 1. The zero-order valence-electron chi connectivity index (χ0n) is 18.2. The molecule has 0 aliphatic carbocycles. The molecule has 1 unspecified atom stereocenters. The second kappa shape index (κ2) is 8.67. The van der Waals surface area contributed by atoms with Crippen LogP contribution in [0.3, 0.4) is 0 Å². The Morgan fingerprint density at radius 3 is 2.61 bits per heavy atom. The highest BCUT2D eigenvalue weighted by atomic mass is 35.5. The molecule has 1 atom stereocenters. The van der Waals surface area contributed by atoms with Gasteiger partial charge in [-0.1, -0.05) is 16.8 Å². The Hall–Kier alpha value is -3.72. The van der Waals surface area contributed by atoms with Gasteiger partial charge in [-0.05, 0) is 58.0 Å². The van der Waals surface area contributed by atoms with Crippen LogP contribution in [-0.2, 0) is 9.53 Å². The van der Waals surface area contributed by atoms with Crippen LogP contribution in [0.15, 0.2) is 39.3 Å². The highest BCUT2D eigenvalue weighted by Gasteiger charge is 2.25. The van der Waals surface area contributed by atoms with Crippen molar-refractivity contribution in [1.82, 2.24) is 10.1 Å². The molecule has 170 valence electrons. The summed E-state index contributed by atoms with van der Waals surface area (Å²) in [6.45, 7) is 6.62. The predicted octanol–water partition coefficient (Wildman–Crippen LogP) is 5.38. The van der Waals surface area contributed by atoms with Gasteiger partial charge in [0.25, 0.3) is 11.6 Å². The Morgan fingerprint density at radius 1 is 1.18 bits per heavy atom. The van der Waals surface area contributed by atoms with Gasteiger partial charge in [0.2, 0.25) is 0 Å². The van der Waals surface area contributed by atoms with Gasteiger partial charge in [0, 0.05) is 10.6 Å². The number of carbonyl (C=O) groups excluding carboxylic acids is 2. The summed E-state index contributed by atoms with van der Waals surface area (Å²) < 4.78 is 30.2. The van der Waals surface area contributed by atoms with Gasteiger partial charge in [-0.3, -0.25) is 4.79 Å². The number of carbonyl (C=O) groups is 2. The van der Waals surface area contributed by atoms with Gasteiger partial charge in [0.15, 0.2) is 6.10 Å². The van der Waals surface area contributed by atoms with E-state index in [4.69, 9.17) is 25.3 Å². The van der Waals surface area contributed by atoms with E-state index in [0.717, 1.165) is 6.07 Å². The lowest BCUT2D eigenvalue weighted by Crippen LogP contribution is -2.30. The van der Waals surface area contributed by atoms with Crippen molar-refractivity contribution in [2.75, 3.05) is 5.32 Å². The summed E-state index contributed by atoms with van der Waals surface area (Å²) in [5.41, 5.74) is 1.75. The molecule has 0 saturated carbocycles. The van der Waals surface area contributed by atoms with Gasteiger partial charge in [-0.2, -0.15) is 0 Å². The van der Waals surface area contributed by atoms with Crippen LogP contribution in [-0.4, -0.2) is 28.1 Å². The molecule has 0 spiro atoms. The molecule has 3 heterocycles. The number of esters is 1. The SMILES string of the molecule is Cc1cc(-c2cc(C(=O)OC(C)C(=O)Nc3ccc(Cl)cc3F)c3c(C)noc3n2)c(C)o1. The lowest BCUT2D eigenvalue weighted by Gasteiger charge is -2.14. The summed E-state index contributed by atoms with van der Waals surface area (Å²) in [6.07, 6.45) is -1.22. The minimum Gasteiger partial charge on any atom is -0.466 e. The third-order valence-corrected chi connectivity index (χ3v) is 5.23. The summed E-state index contributed by atoms with van der Waals surface area (Å²) in [5.74, 6) is -0.902. The first-order valence-electron chi connectivity index (χ1n) is 9.95. The van der Waals surface area contributed by atoms with Gasteiger partial charge in [0.05, 0.1) is 28.0 Å². The largest absolute Gasteiger partial charge is 0.466 e. The summed E-state index contributed by atoms with van der Waals surface area (Å²) in [5, 5.41) is 6.83. The zero-order chi connectivity index (χ0) is 23.9. The van der Waals surface area contributed by atoms with Crippen molar-refractivity contribution in [3.8, 4) is 11.3 Å². The molecule has 10 heteroatoms. The van der Waals surface area contributed by atoms with Crippen molar-refractivity contribution < 1.29 is 27.7 Å². The van der Waals surface area contributed by atoms with Crippen molar-refractivity contribution in [3.63, 3.8) is 0 Å². The number of pyridine rings is 1. The van der Waals surface area contributed by atoms with Crippen LogP contribution in [0.1, 0.15) is 34.5 Å². The van der Waals surface area contributed by atoms with Crippen LogP contribution in [0.5, 0.6) is 0 Å². The molecule has 4 aromatic rings. The lowest BCUT2D eigenvalue weighted by molar-refractivity contribution is -0.123. The van der Waals surface area contributed by atoms with Crippen molar-refractivity contribution in [3.05, 3.63) is 63.9 Å². The van der Waals surface area contributed by atoms with Gasteiger partial charge >= 0.3 is 5.97 Å². The third kappa shape index (κ3) is 4.45. The molecule has 33 heavy (non-hydrogen) atoms. The number of ether oxygens (including phenoxy) is 1. The van der Waals surface area contributed by atoms with E-state index in [1.165, 1.54) is 25.1 Å². The highest BCUT2D eigenvalue weighted by molar-refractivity contribution is 6.30. The number of nitrogens with one attached hydrogen (secondary N) is 1. The van der Waals surface area contributed by atoms with E-state index in [0.29, 0.717) is 33.9 Å². The fourth-order valence-corrected chi connectivity index (χ4v) is 3.54. The number of hydrogen-bond donors (Lipinski definition) is 1. The number of anilines is 1. The molecular formula is C23H19ClFN3O5. The van der Waals surface area contributed by atoms with Crippen molar-refractivity contribution in [2.24, 2.45) is 0 Å². The second-order valence-corrected chi connectivity index (χ2v) is 7.93. The number of nitrogens with zero attached hydrogens (tertiary/aromatic N) is 2. The normalized spacial score (nSPS) is 12.1. The summed E-state index contributed by atoms with van der Waals surface area (Å²) in [7, 11) is 0. The van der Waals surface area contributed by atoms with E-state index < -0.39 is 23.8 Å². The van der Waals surface area contributed by atoms with Crippen molar-refractivity contribution >= 4 is 40.3 Å². The number of amides is 1. The van der Waals surface area contributed by atoms with E-state index in [2.05, 4.69) is 15.5 Å². The third-order valence-electron chi connectivity index (χ3n) is 5.00. The Kier molecular flexibility index (Phi) is 5.90. The highest BCUT2D eigenvalue weighted by Crippen LogP contribution is 2.31. The Bertz CT molecular complexity index is 1390. The molecule has 1 amide bonds. The average Bonchev–Trinajstić information content (AvgIpc) is 3.30. The molecule has 1 N–H and O–H groups in total. The fourth-order valence-electron chi connectivity index (χ4n) is 3.38. The smallest absolute Gasteiger partial charge is 0.339 e. The quantitative estimate of drug-likeness (QED) is 0.389. The fraction of sp³-hybridized carbons (Fsp3) is 0.217. The minimum atomic E-state index is -1.22. The number of aromatic nitrogens is 2. The molecule has 0 bridgehead atoms. The van der Waals surface area contributed by atoms with Gasteiger partial charge < -0.3 is 19.0 Å². The minimum absolute atomic E-state index is 0.0819. The Balaban J connectivity index is 1.62. The number of benzene rings is 1. The van der Waals surface area contributed by atoms with E-state index in [1.54, 1.807) is 26.8 Å². The van der Waals surface area contributed by atoms with E-state index >= 15 is 0 Å². The van der Waals surface area contributed by atoms with E-state index in [-0.39, 0.29) is 22.0 Å². The van der Waals surface area contributed by atoms with Crippen LogP contribution in [0, 0.1) is 26.6 Å². The molecule has 1 aromatic carbocycles. The molecule has 8 nitrogen and oxygen atoms in total. The van der Waals surface area contributed by atoms with Crippen molar-refractivity contribution in [1.29, 1.82) is 0 Å². The topological polar surface area (TPSA) is 107 Å². The average molecular weight is 472 g/mol. The predicted molar refractivity (Wildman–Crippen MR) is 119 cm³/mol. The van der Waals surface area contributed by atoms with Gasteiger partial charge in [-0.15, -0.1) is 0 Å². The molecule has 0 aliphatic heterocycles. The number of hydrogen-bond acceptors (Lipinski definition) is 7. The van der Waals surface area contributed by atoms with Crippen LogP contribution in [0.4, 0.5) is 10.1 Å². The first-order valence-corrected chi connectivity index (χ1v) is 10.3. The Labute approximate surface area is 192 Å². The summed E-state index contributed by atoms with van der Waals surface area (Å²) in [4.78, 5) is 30.0. The van der Waals surface area contributed by atoms with E-state index in [9.17, 15) is 14.0 Å². The Morgan fingerprint density at radius 2 is 1.94 bits per heavy atom. The maximum absolute atomic E-state index is 14.0. The van der Waals surface area contributed by atoms with Crippen LogP contribution >= 0.6 is 11.6 Å². The monoisotopic (exact) mass is 471 g/mol. The maximum Gasteiger partial charge on any atom is 0.339 e. The van der Waals surface area contributed by atoms with Crippen LogP contribution in [0.25, 0.3) is 22.4 Å². The zero-order valence-corrected chi connectivity index (χ0v) is 18.9. The number of furan rings is 1. The van der Waals surface area contributed by atoms with Crippen LogP contribution < -0.4 is 5.32 Å². The molecule has 4 rings (SSSR count). The molecule has 0 radical (unpaired) electrons. The first-order chi connectivity index (χ1) is 15.6. The first kappa shape index (κ1) is 22.5. The van der Waals surface area contributed by atoms with Crippen molar-refractivity contribution in [2.45, 2.75) is 33.8 Å². The maximum atomic E-state index is 14.0. The second-order valence-electron chi connectivity index (χ2n) is 7.49. The molecule has 0 fully saturated rings. The number of aryl methyl sites for hydroxylation is 3. The molecule has 0 aliphatic rings. The summed E-state index contributed by atoms with van der Waals surface area (Å²) in [6, 6.07) is 7.14. The lowest BCUT2D eigenvalue weighted by atomic mass is 10.1. The van der Waals surface area contributed by atoms with Gasteiger partial charge in [0.1, 0.15) is 17.3 Å². The number of halogens is 2. The van der Waals surface area contributed by atoms with Crippen LogP contribution in [0.2, 0.25) is 5.02 Å². The standard InChI is InChI=1S/C23H19ClFN3O5/c1-10-7-15(12(3)31-10)19-9-16(20-11(2)28-33-22(20)27-19)23(30)32-13(4)21(29)26-18-6-5-14(24)8-17(18)25/h5-9,13H,1-4H3,(H,26,29). The molecule has 0 saturated heterocycles. The van der Waals surface area contributed by atoms with Gasteiger partial charge in [-0.25, -0.2) is 14.2 Å². The summed E-state index contributed by atoms with van der Waals surface area (Å²) >= 11 is 5.73. The molecular weight excluding hydrogens is 453 g/mol. The number of rotatable bonds is 5. The van der Waals surface area contributed by atoms with E-state index in [1.807, 2.05) is 0 Å². The molecule has 3 aromatic heterocycles.